The van der Waals surface area contributed by atoms with E-state index in [9.17, 15) is 9.59 Å². The van der Waals surface area contributed by atoms with Gasteiger partial charge in [0.25, 0.3) is 5.91 Å². The van der Waals surface area contributed by atoms with Crippen molar-refractivity contribution in [2.75, 3.05) is 44.3 Å². The molecule has 1 unspecified atom stereocenters. The van der Waals surface area contributed by atoms with Gasteiger partial charge in [-0.05, 0) is 30.7 Å². The van der Waals surface area contributed by atoms with Gasteiger partial charge in [0.05, 0.1) is 24.3 Å². The molecule has 9 heteroatoms. The summed E-state index contributed by atoms with van der Waals surface area (Å²) in [5.41, 5.74) is 1.58. The molecule has 1 aromatic carbocycles. The largest absolute Gasteiger partial charge is 0.475 e. The summed E-state index contributed by atoms with van der Waals surface area (Å²) in [4.78, 5) is 38.9. The Morgan fingerprint density at radius 3 is 2.82 bits per heavy atom. The smallest absolute Gasteiger partial charge is 0.261 e. The maximum Gasteiger partial charge on any atom is 0.261 e. The number of aromatic nitrogens is 2. The van der Waals surface area contributed by atoms with Crippen LogP contribution in [-0.4, -0.2) is 66.0 Å². The standard InChI is InChI=1S/C24H24N4O4S/c29-21-18-6-1-2-7-20(18)32-22(21)19-16-33-24(26-19)28(23(30)17-5-3-8-25-15-17)10-4-9-27-11-13-31-14-12-27/h1-3,5-8,15-16,22H,4,9-14H2. The Labute approximate surface area is 195 Å². The third-order valence-electron chi connectivity index (χ3n) is 5.76. The molecule has 0 radical (unpaired) electrons. The van der Waals surface area contributed by atoms with Crippen molar-refractivity contribution >= 4 is 28.2 Å². The summed E-state index contributed by atoms with van der Waals surface area (Å²) in [5.74, 6) is 0.295. The van der Waals surface area contributed by atoms with E-state index in [-0.39, 0.29) is 11.7 Å². The number of benzene rings is 1. The van der Waals surface area contributed by atoms with Crippen LogP contribution in [0, 0.1) is 0 Å². The van der Waals surface area contributed by atoms with E-state index in [4.69, 9.17) is 9.47 Å². The zero-order chi connectivity index (χ0) is 22.6. The summed E-state index contributed by atoms with van der Waals surface area (Å²) >= 11 is 1.34. The summed E-state index contributed by atoms with van der Waals surface area (Å²) in [6.45, 7) is 4.67. The van der Waals surface area contributed by atoms with Crippen molar-refractivity contribution < 1.29 is 19.1 Å². The molecule has 1 atom stereocenters. The molecule has 170 valence electrons. The van der Waals surface area contributed by atoms with E-state index in [0.717, 1.165) is 39.3 Å². The highest BCUT2D eigenvalue weighted by Gasteiger charge is 2.35. The summed E-state index contributed by atoms with van der Waals surface area (Å²) in [6, 6.07) is 10.7. The molecular weight excluding hydrogens is 440 g/mol. The predicted octanol–water partition coefficient (Wildman–Crippen LogP) is 3.22. The van der Waals surface area contributed by atoms with E-state index in [1.165, 1.54) is 11.3 Å². The van der Waals surface area contributed by atoms with E-state index < -0.39 is 6.10 Å². The van der Waals surface area contributed by atoms with Gasteiger partial charge in [0, 0.05) is 44.0 Å². The van der Waals surface area contributed by atoms with Crippen LogP contribution in [0.25, 0.3) is 0 Å². The van der Waals surface area contributed by atoms with Gasteiger partial charge in [0.2, 0.25) is 11.9 Å². The minimum absolute atomic E-state index is 0.111. The van der Waals surface area contributed by atoms with Crippen molar-refractivity contribution in [3.8, 4) is 5.75 Å². The number of nitrogens with zero attached hydrogens (tertiary/aromatic N) is 4. The highest BCUT2D eigenvalue weighted by Crippen LogP contribution is 2.37. The van der Waals surface area contributed by atoms with Crippen LogP contribution < -0.4 is 9.64 Å². The molecule has 0 bridgehead atoms. The molecule has 0 aliphatic carbocycles. The molecule has 5 rings (SSSR count). The number of Topliss-reactive ketones (excluding diaryl/α,β-unsaturated/α-hetero) is 1. The van der Waals surface area contributed by atoms with Crippen LogP contribution in [0.15, 0.2) is 54.2 Å². The van der Waals surface area contributed by atoms with Crippen molar-refractivity contribution in [3.63, 3.8) is 0 Å². The van der Waals surface area contributed by atoms with Gasteiger partial charge in [-0.2, -0.15) is 0 Å². The third kappa shape index (κ3) is 4.66. The maximum absolute atomic E-state index is 13.3. The molecule has 4 heterocycles. The molecule has 0 N–H and O–H groups in total. The van der Waals surface area contributed by atoms with Crippen LogP contribution in [0.2, 0.25) is 0 Å². The minimum Gasteiger partial charge on any atom is -0.475 e. The first kappa shape index (κ1) is 21.7. The van der Waals surface area contributed by atoms with Gasteiger partial charge in [-0.15, -0.1) is 11.3 Å². The number of morpholine rings is 1. The number of thiazole rings is 1. The number of pyridine rings is 1. The normalized spacial score (nSPS) is 18.1. The van der Waals surface area contributed by atoms with E-state index >= 15 is 0 Å². The zero-order valence-corrected chi connectivity index (χ0v) is 18.9. The van der Waals surface area contributed by atoms with E-state index in [2.05, 4.69) is 14.9 Å². The summed E-state index contributed by atoms with van der Waals surface area (Å²) in [7, 11) is 0. The Morgan fingerprint density at radius 1 is 1.18 bits per heavy atom. The first-order valence-electron chi connectivity index (χ1n) is 11.0. The molecule has 33 heavy (non-hydrogen) atoms. The number of para-hydroxylation sites is 1. The molecule has 1 amide bonds. The molecule has 0 saturated carbocycles. The number of carbonyl (C=O) groups excluding carboxylic acids is 2. The fourth-order valence-electron chi connectivity index (χ4n) is 4.02. The molecule has 2 aliphatic heterocycles. The first-order valence-corrected chi connectivity index (χ1v) is 11.9. The molecule has 2 aliphatic rings. The van der Waals surface area contributed by atoms with Crippen molar-refractivity contribution in [1.82, 2.24) is 14.9 Å². The van der Waals surface area contributed by atoms with Crippen molar-refractivity contribution in [2.24, 2.45) is 0 Å². The molecule has 2 aromatic heterocycles. The number of ether oxygens (including phenoxy) is 2. The van der Waals surface area contributed by atoms with E-state index in [0.29, 0.717) is 34.2 Å². The van der Waals surface area contributed by atoms with Gasteiger partial charge in [-0.3, -0.25) is 24.4 Å². The lowest BCUT2D eigenvalue weighted by molar-refractivity contribution is 0.0376. The Hall–Kier alpha value is -3.14. The van der Waals surface area contributed by atoms with Gasteiger partial charge in [-0.25, -0.2) is 4.98 Å². The maximum atomic E-state index is 13.3. The lowest BCUT2D eigenvalue weighted by atomic mass is 10.1. The number of fused-ring (bicyclic) bond motifs is 1. The lowest BCUT2D eigenvalue weighted by Gasteiger charge is -2.27. The van der Waals surface area contributed by atoms with Gasteiger partial charge < -0.3 is 9.47 Å². The quantitative estimate of drug-likeness (QED) is 0.531. The summed E-state index contributed by atoms with van der Waals surface area (Å²) in [6.07, 6.45) is 3.22. The average Bonchev–Trinajstić information content (AvgIpc) is 3.48. The number of carbonyl (C=O) groups is 2. The van der Waals surface area contributed by atoms with Gasteiger partial charge in [0.1, 0.15) is 11.4 Å². The van der Waals surface area contributed by atoms with Crippen LogP contribution >= 0.6 is 11.3 Å². The van der Waals surface area contributed by atoms with Crippen LogP contribution in [0.5, 0.6) is 5.75 Å². The van der Waals surface area contributed by atoms with E-state index in [1.54, 1.807) is 46.9 Å². The fraction of sp³-hybridized carbons (Fsp3) is 0.333. The summed E-state index contributed by atoms with van der Waals surface area (Å²) in [5, 5.41) is 2.35. The minimum atomic E-state index is -0.781. The Bertz CT molecular complexity index is 1130. The number of anilines is 1. The number of rotatable bonds is 7. The lowest BCUT2D eigenvalue weighted by Crippen LogP contribution is -2.39. The molecule has 0 spiro atoms. The van der Waals surface area contributed by atoms with Crippen molar-refractivity contribution in [1.29, 1.82) is 0 Å². The molecular formula is C24H24N4O4S. The molecule has 1 saturated heterocycles. The monoisotopic (exact) mass is 464 g/mol. The highest BCUT2D eigenvalue weighted by atomic mass is 32.1. The van der Waals surface area contributed by atoms with Crippen LogP contribution in [-0.2, 0) is 4.74 Å². The number of hydrogen-bond acceptors (Lipinski definition) is 8. The Balaban J connectivity index is 1.34. The molecule has 3 aromatic rings. The topological polar surface area (TPSA) is 84.9 Å². The first-order chi connectivity index (χ1) is 16.2. The average molecular weight is 465 g/mol. The second-order valence-electron chi connectivity index (χ2n) is 7.92. The number of hydrogen-bond donors (Lipinski definition) is 0. The van der Waals surface area contributed by atoms with Crippen molar-refractivity contribution in [2.45, 2.75) is 12.5 Å². The number of ketones is 1. The van der Waals surface area contributed by atoms with Gasteiger partial charge in [0.15, 0.2) is 5.13 Å². The van der Waals surface area contributed by atoms with Crippen LogP contribution in [0.1, 0.15) is 38.9 Å². The fourth-order valence-corrected chi connectivity index (χ4v) is 4.88. The second kappa shape index (κ2) is 9.78. The summed E-state index contributed by atoms with van der Waals surface area (Å²) < 4.78 is 11.3. The van der Waals surface area contributed by atoms with Crippen LogP contribution in [0.3, 0.4) is 0 Å². The molecule has 1 fully saturated rings. The third-order valence-corrected chi connectivity index (χ3v) is 6.64. The van der Waals surface area contributed by atoms with Crippen molar-refractivity contribution in [3.05, 3.63) is 71.0 Å². The predicted molar refractivity (Wildman–Crippen MR) is 124 cm³/mol. The number of amides is 1. The van der Waals surface area contributed by atoms with Gasteiger partial charge >= 0.3 is 0 Å². The van der Waals surface area contributed by atoms with E-state index in [1.807, 2.05) is 12.1 Å². The zero-order valence-electron chi connectivity index (χ0n) is 18.1. The Morgan fingerprint density at radius 2 is 2.03 bits per heavy atom. The van der Waals surface area contributed by atoms with Gasteiger partial charge in [-0.1, -0.05) is 12.1 Å². The highest BCUT2D eigenvalue weighted by molar-refractivity contribution is 7.14. The SMILES string of the molecule is O=C1c2ccccc2OC1c1csc(N(CCCN2CCOCC2)C(=O)c2cccnc2)n1. The second-order valence-corrected chi connectivity index (χ2v) is 8.76. The molecule has 8 nitrogen and oxygen atoms in total. The Kier molecular flexibility index (Phi) is 6.43. The van der Waals surface area contributed by atoms with Crippen LogP contribution in [0.4, 0.5) is 5.13 Å².